The third-order valence-corrected chi connectivity index (χ3v) is 4.87. The fraction of sp³-hybridized carbons (Fsp3) is 0.364. The molecule has 1 atom stereocenters. The van der Waals surface area contributed by atoms with Gasteiger partial charge in [0.2, 0.25) is 5.91 Å². The largest absolute Gasteiger partial charge is 0.497 e. The molecular weight excluding hydrogens is 354 g/mol. The number of methoxy groups -OCH3 is 1. The summed E-state index contributed by atoms with van der Waals surface area (Å²) in [7, 11) is 1.60. The molecule has 3 amide bonds. The highest BCUT2D eigenvalue weighted by molar-refractivity contribution is 5.98. The molecule has 2 aromatic carbocycles. The van der Waals surface area contributed by atoms with E-state index in [0.717, 1.165) is 24.2 Å². The van der Waals surface area contributed by atoms with Crippen molar-refractivity contribution in [2.75, 3.05) is 30.0 Å². The summed E-state index contributed by atoms with van der Waals surface area (Å²) in [5.41, 5.74) is 1.65. The Morgan fingerprint density at radius 2 is 2.00 bits per heavy atom. The molecule has 0 aromatic heterocycles. The number of ether oxygens (including phenoxy) is 1. The van der Waals surface area contributed by atoms with Gasteiger partial charge in [0.15, 0.2) is 0 Å². The summed E-state index contributed by atoms with van der Waals surface area (Å²) >= 11 is 0. The summed E-state index contributed by atoms with van der Waals surface area (Å²) in [6, 6.07) is 16.7. The molecule has 0 radical (unpaired) electrons. The second-order valence-corrected chi connectivity index (χ2v) is 6.90. The summed E-state index contributed by atoms with van der Waals surface area (Å²) in [4.78, 5) is 28.9. The van der Waals surface area contributed by atoms with Gasteiger partial charge in [0.05, 0.1) is 13.2 Å². The van der Waals surface area contributed by atoms with Crippen molar-refractivity contribution in [1.82, 2.24) is 5.32 Å². The van der Waals surface area contributed by atoms with Gasteiger partial charge in [-0.15, -0.1) is 0 Å². The van der Waals surface area contributed by atoms with E-state index in [1.165, 1.54) is 0 Å². The molecule has 148 valence electrons. The number of nitrogens with one attached hydrogen (secondary N) is 1. The molecule has 1 aliphatic rings. The Hall–Kier alpha value is -3.02. The van der Waals surface area contributed by atoms with Crippen molar-refractivity contribution < 1.29 is 14.3 Å². The molecule has 1 N–H and O–H groups in total. The number of hydrogen-bond donors (Lipinski definition) is 1. The van der Waals surface area contributed by atoms with Crippen LogP contribution < -0.4 is 19.9 Å². The maximum absolute atomic E-state index is 12.9. The minimum atomic E-state index is -0.223. The summed E-state index contributed by atoms with van der Waals surface area (Å²) in [5, 5.41) is 3.04. The zero-order valence-electron chi connectivity index (χ0n) is 16.4. The average molecular weight is 381 g/mol. The minimum absolute atomic E-state index is 0.00151. The van der Waals surface area contributed by atoms with E-state index in [2.05, 4.69) is 12.2 Å². The Morgan fingerprint density at radius 1 is 1.21 bits per heavy atom. The highest BCUT2D eigenvalue weighted by atomic mass is 16.5. The Bertz CT molecular complexity index is 810. The van der Waals surface area contributed by atoms with Crippen molar-refractivity contribution in [2.45, 2.75) is 32.2 Å². The first kappa shape index (κ1) is 19.7. The molecule has 0 saturated carbocycles. The van der Waals surface area contributed by atoms with Gasteiger partial charge in [-0.25, -0.2) is 4.79 Å². The third-order valence-electron chi connectivity index (χ3n) is 4.87. The molecule has 0 spiro atoms. The predicted octanol–water partition coefficient (Wildman–Crippen LogP) is 3.82. The van der Waals surface area contributed by atoms with Crippen molar-refractivity contribution in [3.8, 4) is 5.75 Å². The Kier molecular flexibility index (Phi) is 6.53. The van der Waals surface area contributed by atoms with Gasteiger partial charge < -0.3 is 15.0 Å². The number of hydrogen-bond acceptors (Lipinski definition) is 3. The monoisotopic (exact) mass is 381 g/mol. The van der Waals surface area contributed by atoms with E-state index in [-0.39, 0.29) is 18.0 Å². The van der Waals surface area contributed by atoms with Crippen LogP contribution in [0.5, 0.6) is 5.75 Å². The Labute approximate surface area is 166 Å². The molecule has 3 rings (SSSR count). The number of benzene rings is 2. The zero-order chi connectivity index (χ0) is 19.9. The molecular formula is C22H27N3O3. The van der Waals surface area contributed by atoms with E-state index in [1.54, 1.807) is 16.9 Å². The van der Waals surface area contributed by atoms with Crippen molar-refractivity contribution in [2.24, 2.45) is 0 Å². The van der Waals surface area contributed by atoms with Gasteiger partial charge in [0, 0.05) is 37.0 Å². The van der Waals surface area contributed by atoms with Crippen molar-refractivity contribution >= 4 is 23.3 Å². The quantitative estimate of drug-likeness (QED) is 0.793. The molecule has 28 heavy (non-hydrogen) atoms. The first-order valence-corrected chi connectivity index (χ1v) is 9.70. The molecule has 0 unspecified atom stereocenters. The number of urea groups is 1. The van der Waals surface area contributed by atoms with Crippen molar-refractivity contribution in [3.05, 3.63) is 54.6 Å². The summed E-state index contributed by atoms with van der Waals surface area (Å²) in [6.45, 7) is 3.20. The second-order valence-electron chi connectivity index (χ2n) is 6.90. The number of para-hydroxylation sites is 1. The molecule has 0 aliphatic carbocycles. The highest BCUT2D eigenvalue weighted by Gasteiger charge is 2.32. The number of amides is 3. The van der Waals surface area contributed by atoms with Crippen LogP contribution in [-0.2, 0) is 4.79 Å². The van der Waals surface area contributed by atoms with Gasteiger partial charge in [0.1, 0.15) is 5.75 Å². The Morgan fingerprint density at radius 3 is 2.71 bits per heavy atom. The lowest BCUT2D eigenvalue weighted by Gasteiger charge is -2.25. The first-order chi connectivity index (χ1) is 13.6. The normalized spacial score (nSPS) is 16.1. The van der Waals surface area contributed by atoms with Gasteiger partial charge in [0.25, 0.3) is 0 Å². The standard InChI is InChI=1S/C22H27N3O3/c1-3-4-13-24(18-9-6-5-7-10-18)22(27)23-17-14-21(26)25(16-17)19-11-8-12-20(15-19)28-2/h5-12,15,17H,3-4,13-14,16H2,1-2H3,(H,23,27)/t17-/m1/s1. The summed E-state index contributed by atoms with van der Waals surface area (Å²) in [5.74, 6) is 0.700. The first-order valence-electron chi connectivity index (χ1n) is 9.70. The lowest BCUT2D eigenvalue weighted by atomic mass is 10.2. The van der Waals surface area contributed by atoms with Gasteiger partial charge in [-0.05, 0) is 30.7 Å². The van der Waals surface area contributed by atoms with Crippen LogP contribution in [0.3, 0.4) is 0 Å². The van der Waals surface area contributed by atoms with E-state index in [1.807, 2.05) is 54.6 Å². The SMILES string of the molecule is CCCCN(C(=O)N[C@@H]1CC(=O)N(c2cccc(OC)c2)C1)c1ccccc1. The van der Waals surface area contributed by atoms with Gasteiger partial charge >= 0.3 is 6.03 Å². The van der Waals surface area contributed by atoms with Gasteiger partial charge in [-0.1, -0.05) is 37.6 Å². The van der Waals surface area contributed by atoms with Crippen LogP contribution in [0.4, 0.5) is 16.2 Å². The lowest BCUT2D eigenvalue weighted by Crippen LogP contribution is -2.46. The van der Waals surface area contributed by atoms with E-state index in [9.17, 15) is 9.59 Å². The van der Waals surface area contributed by atoms with E-state index < -0.39 is 0 Å². The molecule has 2 aromatic rings. The third kappa shape index (κ3) is 4.63. The number of unbranched alkanes of at least 4 members (excludes halogenated alkanes) is 1. The fourth-order valence-corrected chi connectivity index (χ4v) is 3.36. The topological polar surface area (TPSA) is 61.9 Å². The predicted molar refractivity (Wildman–Crippen MR) is 111 cm³/mol. The molecule has 1 saturated heterocycles. The van der Waals surface area contributed by atoms with Crippen LogP contribution in [0.2, 0.25) is 0 Å². The number of anilines is 2. The molecule has 1 fully saturated rings. The molecule has 1 aliphatic heterocycles. The summed E-state index contributed by atoms with van der Waals surface area (Å²) < 4.78 is 5.24. The smallest absolute Gasteiger partial charge is 0.322 e. The lowest BCUT2D eigenvalue weighted by molar-refractivity contribution is -0.117. The maximum atomic E-state index is 12.9. The van der Waals surface area contributed by atoms with E-state index in [4.69, 9.17) is 4.74 Å². The maximum Gasteiger partial charge on any atom is 0.322 e. The number of nitrogens with zero attached hydrogens (tertiary/aromatic N) is 2. The van der Waals surface area contributed by atoms with Gasteiger partial charge in [-0.3, -0.25) is 9.69 Å². The minimum Gasteiger partial charge on any atom is -0.497 e. The summed E-state index contributed by atoms with van der Waals surface area (Å²) in [6.07, 6.45) is 2.21. The number of carbonyl (C=O) groups is 2. The van der Waals surface area contributed by atoms with Gasteiger partial charge in [-0.2, -0.15) is 0 Å². The zero-order valence-corrected chi connectivity index (χ0v) is 16.4. The Balaban J connectivity index is 1.68. The van der Waals surface area contributed by atoms with Crippen LogP contribution in [0.1, 0.15) is 26.2 Å². The molecule has 1 heterocycles. The second kappa shape index (κ2) is 9.26. The van der Waals surface area contributed by atoms with Crippen LogP contribution in [0.25, 0.3) is 0 Å². The molecule has 0 bridgehead atoms. The number of rotatable bonds is 7. The van der Waals surface area contributed by atoms with Crippen molar-refractivity contribution in [1.29, 1.82) is 0 Å². The molecule has 6 nitrogen and oxygen atoms in total. The highest BCUT2D eigenvalue weighted by Crippen LogP contribution is 2.25. The van der Waals surface area contributed by atoms with Crippen LogP contribution in [-0.4, -0.2) is 38.2 Å². The van der Waals surface area contributed by atoms with Crippen molar-refractivity contribution in [3.63, 3.8) is 0 Å². The van der Waals surface area contributed by atoms with E-state index >= 15 is 0 Å². The van der Waals surface area contributed by atoms with Crippen LogP contribution in [0.15, 0.2) is 54.6 Å². The molecule has 6 heteroatoms. The number of carbonyl (C=O) groups excluding carboxylic acids is 2. The average Bonchev–Trinajstić information content (AvgIpc) is 3.09. The van der Waals surface area contributed by atoms with E-state index in [0.29, 0.717) is 25.3 Å². The van der Waals surface area contributed by atoms with Crippen LogP contribution in [0, 0.1) is 0 Å². The fourth-order valence-electron chi connectivity index (χ4n) is 3.36. The van der Waals surface area contributed by atoms with Crippen LogP contribution >= 0.6 is 0 Å².